The summed E-state index contributed by atoms with van der Waals surface area (Å²) in [6.07, 6.45) is 6.94. The fourth-order valence-corrected chi connectivity index (χ4v) is 4.51. The van der Waals surface area contributed by atoms with Gasteiger partial charge in [0, 0.05) is 28.3 Å². The minimum absolute atomic E-state index is 0.148. The van der Waals surface area contributed by atoms with Crippen molar-refractivity contribution in [3.05, 3.63) is 65.8 Å². The van der Waals surface area contributed by atoms with Gasteiger partial charge >= 0.3 is 6.03 Å². The molecule has 1 aliphatic rings. The summed E-state index contributed by atoms with van der Waals surface area (Å²) in [4.78, 5) is 16.9. The molecule has 1 aliphatic carbocycles. The normalized spacial score (nSPS) is 19.5. The van der Waals surface area contributed by atoms with Crippen molar-refractivity contribution < 1.29 is 9.53 Å². The van der Waals surface area contributed by atoms with E-state index in [2.05, 4.69) is 28.6 Å². The predicted molar refractivity (Wildman–Crippen MR) is 126 cm³/mol. The number of halogens is 1. The number of aromatic nitrogens is 1. The van der Waals surface area contributed by atoms with Crippen molar-refractivity contribution in [2.45, 2.75) is 51.2 Å². The lowest BCUT2D eigenvalue weighted by Gasteiger charge is -2.34. The third kappa shape index (κ3) is 5.47. The van der Waals surface area contributed by atoms with Crippen molar-refractivity contribution >= 4 is 34.2 Å². The number of ether oxygens (including phenoxy) is 1. The summed E-state index contributed by atoms with van der Waals surface area (Å²) in [5.41, 5.74) is 1.69. The minimum atomic E-state index is -0.171. The number of carbonyl (C=O) groups is 1. The van der Waals surface area contributed by atoms with Gasteiger partial charge in [-0.05, 0) is 80.5 Å². The smallest absolute Gasteiger partial charge is 0.319 e. The van der Waals surface area contributed by atoms with Gasteiger partial charge in [0.1, 0.15) is 5.75 Å². The van der Waals surface area contributed by atoms with Gasteiger partial charge in [0.25, 0.3) is 0 Å². The Morgan fingerprint density at radius 3 is 2.58 bits per heavy atom. The molecule has 0 aliphatic heterocycles. The summed E-state index contributed by atoms with van der Waals surface area (Å²) in [7, 11) is 0. The van der Waals surface area contributed by atoms with E-state index in [0.717, 1.165) is 54.4 Å². The maximum atomic E-state index is 12.5. The third-order valence-corrected chi connectivity index (χ3v) is 6.30. The number of para-hydroxylation sites is 1. The van der Waals surface area contributed by atoms with E-state index in [1.54, 1.807) is 30.5 Å². The van der Waals surface area contributed by atoms with E-state index in [4.69, 9.17) is 16.3 Å². The number of benzene rings is 2. The summed E-state index contributed by atoms with van der Waals surface area (Å²) in [6, 6.07) is 17.1. The van der Waals surface area contributed by atoms with E-state index in [-0.39, 0.29) is 18.2 Å². The van der Waals surface area contributed by atoms with Crippen LogP contribution in [0.1, 0.15) is 39.0 Å². The van der Waals surface area contributed by atoms with Gasteiger partial charge in [-0.15, -0.1) is 0 Å². The second-order valence-corrected chi connectivity index (χ2v) is 8.54. The molecule has 2 N–H and O–H groups in total. The number of anilines is 1. The van der Waals surface area contributed by atoms with E-state index in [1.807, 2.05) is 24.3 Å². The standard InChI is InChI=1S/C25H28ClN3O2/c1-2-22(29-25(30)28-19-11-9-18(26)10-12-19)17-7-13-20(14-8-17)31-24-15-16-27-23-6-4-3-5-21(23)24/h3-6,9-12,15-17,20,22H,2,7-8,13-14H2,1H3,(H2,28,29,30)/t17?,20?,22-/m0/s1. The topological polar surface area (TPSA) is 63.2 Å². The summed E-state index contributed by atoms with van der Waals surface area (Å²) >= 11 is 5.91. The van der Waals surface area contributed by atoms with Crippen molar-refractivity contribution in [3.8, 4) is 5.75 Å². The number of fused-ring (bicyclic) bond motifs is 1. The zero-order valence-electron chi connectivity index (χ0n) is 17.7. The quantitative estimate of drug-likeness (QED) is 0.467. The fraction of sp³-hybridized carbons (Fsp3) is 0.360. The Hall–Kier alpha value is -2.79. The van der Waals surface area contributed by atoms with Crippen LogP contribution < -0.4 is 15.4 Å². The number of hydrogen-bond acceptors (Lipinski definition) is 3. The Balaban J connectivity index is 1.30. The first-order chi connectivity index (χ1) is 15.1. The van der Waals surface area contributed by atoms with Crippen LogP contribution in [-0.4, -0.2) is 23.2 Å². The Labute approximate surface area is 188 Å². The van der Waals surface area contributed by atoms with Crippen LogP contribution >= 0.6 is 11.6 Å². The van der Waals surface area contributed by atoms with Crippen LogP contribution in [0.4, 0.5) is 10.5 Å². The molecule has 1 aromatic heterocycles. The molecule has 1 fully saturated rings. The highest BCUT2D eigenvalue weighted by atomic mass is 35.5. The lowest BCUT2D eigenvalue weighted by molar-refractivity contribution is 0.119. The van der Waals surface area contributed by atoms with Gasteiger partial charge in [-0.2, -0.15) is 0 Å². The van der Waals surface area contributed by atoms with Crippen molar-refractivity contribution in [1.82, 2.24) is 10.3 Å². The van der Waals surface area contributed by atoms with E-state index < -0.39 is 0 Å². The van der Waals surface area contributed by atoms with E-state index in [0.29, 0.717) is 10.9 Å². The number of nitrogens with zero attached hydrogens (tertiary/aromatic N) is 1. The number of hydrogen-bond donors (Lipinski definition) is 2. The number of nitrogens with one attached hydrogen (secondary N) is 2. The number of pyridine rings is 1. The number of urea groups is 1. The van der Waals surface area contributed by atoms with Crippen LogP contribution in [0.25, 0.3) is 10.9 Å². The van der Waals surface area contributed by atoms with Gasteiger partial charge in [-0.1, -0.05) is 30.7 Å². The van der Waals surface area contributed by atoms with E-state index >= 15 is 0 Å². The second-order valence-electron chi connectivity index (χ2n) is 8.10. The highest BCUT2D eigenvalue weighted by Crippen LogP contribution is 2.32. The Morgan fingerprint density at radius 1 is 1.10 bits per heavy atom. The number of carbonyl (C=O) groups excluding carboxylic acids is 1. The zero-order chi connectivity index (χ0) is 21.6. The van der Waals surface area contributed by atoms with Gasteiger partial charge in [0.2, 0.25) is 0 Å². The van der Waals surface area contributed by atoms with Gasteiger partial charge < -0.3 is 15.4 Å². The maximum Gasteiger partial charge on any atom is 0.319 e. The van der Waals surface area contributed by atoms with Crippen LogP contribution in [-0.2, 0) is 0 Å². The molecule has 0 radical (unpaired) electrons. The van der Waals surface area contributed by atoms with Gasteiger partial charge in [-0.3, -0.25) is 4.98 Å². The second kappa shape index (κ2) is 10.0. The van der Waals surface area contributed by atoms with Crippen LogP contribution in [0.3, 0.4) is 0 Å². The third-order valence-electron chi connectivity index (χ3n) is 6.05. The van der Waals surface area contributed by atoms with Gasteiger partial charge in [0.15, 0.2) is 0 Å². The van der Waals surface area contributed by atoms with Crippen LogP contribution in [0.15, 0.2) is 60.8 Å². The molecule has 2 aromatic carbocycles. The maximum absolute atomic E-state index is 12.5. The number of rotatable bonds is 6. The summed E-state index contributed by atoms with van der Waals surface area (Å²) in [5.74, 6) is 1.36. The molecule has 2 amide bonds. The molecule has 6 heteroatoms. The SMILES string of the molecule is CC[C@H](NC(=O)Nc1ccc(Cl)cc1)C1CCC(Oc2ccnc3ccccc23)CC1. The first kappa shape index (κ1) is 21.4. The number of amides is 2. The van der Waals surface area contributed by atoms with Crippen LogP contribution in [0.2, 0.25) is 5.02 Å². The zero-order valence-corrected chi connectivity index (χ0v) is 18.4. The fourth-order valence-electron chi connectivity index (χ4n) is 4.38. The molecule has 0 bridgehead atoms. The van der Waals surface area contributed by atoms with Crippen molar-refractivity contribution in [1.29, 1.82) is 0 Å². The van der Waals surface area contributed by atoms with E-state index in [9.17, 15) is 4.79 Å². The largest absolute Gasteiger partial charge is 0.490 e. The molecule has 31 heavy (non-hydrogen) atoms. The molecule has 0 spiro atoms. The molecule has 4 rings (SSSR count). The molecular weight excluding hydrogens is 410 g/mol. The predicted octanol–water partition coefficient (Wildman–Crippen LogP) is 6.43. The first-order valence-electron chi connectivity index (χ1n) is 11.0. The lowest BCUT2D eigenvalue weighted by Crippen LogP contribution is -2.44. The average Bonchev–Trinajstić information content (AvgIpc) is 2.80. The average molecular weight is 438 g/mol. The lowest BCUT2D eigenvalue weighted by atomic mass is 9.81. The first-order valence-corrected chi connectivity index (χ1v) is 11.3. The van der Waals surface area contributed by atoms with Crippen molar-refractivity contribution in [2.75, 3.05) is 5.32 Å². The van der Waals surface area contributed by atoms with Crippen LogP contribution in [0, 0.1) is 5.92 Å². The molecule has 1 heterocycles. The summed E-state index contributed by atoms with van der Waals surface area (Å²) in [5, 5.41) is 7.75. The Morgan fingerprint density at radius 2 is 1.84 bits per heavy atom. The molecule has 5 nitrogen and oxygen atoms in total. The molecule has 0 unspecified atom stereocenters. The molecular formula is C25H28ClN3O2. The van der Waals surface area contributed by atoms with Crippen molar-refractivity contribution in [2.24, 2.45) is 5.92 Å². The summed E-state index contributed by atoms with van der Waals surface area (Å²) < 4.78 is 6.35. The summed E-state index contributed by atoms with van der Waals surface area (Å²) in [6.45, 7) is 2.12. The monoisotopic (exact) mass is 437 g/mol. The molecule has 162 valence electrons. The molecule has 3 aromatic rings. The van der Waals surface area contributed by atoms with Crippen molar-refractivity contribution in [3.63, 3.8) is 0 Å². The Kier molecular flexibility index (Phi) is 6.92. The molecule has 1 saturated carbocycles. The molecule has 1 atom stereocenters. The Bertz CT molecular complexity index is 1010. The van der Waals surface area contributed by atoms with Gasteiger partial charge in [0.05, 0.1) is 11.6 Å². The minimum Gasteiger partial charge on any atom is -0.490 e. The van der Waals surface area contributed by atoms with E-state index in [1.165, 1.54) is 0 Å². The molecule has 0 saturated heterocycles. The highest BCUT2D eigenvalue weighted by molar-refractivity contribution is 6.30. The highest BCUT2D eigenvalue weighted by Gasteiger charge is 2.29. The van der Waals surface area contributed by atoms with Gasteiger partial charge in [-0.25, -0.2) is 4.79 Å². The van der Waals surface area contributed by atoms with Crippen LogP contribution in [0.5, 0.6) is 5.75 Å².